The number of halogens is 2. The first-order valence-corrected chi connectivity index (χ1v) is 7.68. The average Bonchev–Trinajstić information content (AvgIpc) is 3.15. The second kappa shape index (κ2) is 4.79. The van der Waals surface area contributed by atoms with Crippen LogP contribution in [0.1, 0.15) is 24.0 Å². The Morgan fingerprint density at radius 1 is 1.44 bits per heavy atom. The van der Waals surface area contributed by atoms with E-state index in [9.17, 15) is 12.8 Å². The molecule has 3 nitrogen and oxygen atoms in total. The van der Waals surface area contributed by atoms with E-state index in [-0.39, 0.29) is 22.4 Å². The molecule has 0 bridgehead atoms. The van der Waals surface area contributed by atoms with Crippen molar-refractivity contribution in [3.05, 3.63) is 29.1 Å². The molecule has 6 heteroatoms. The molecule has 0 unspecified atom stereocenters. The molecule has 0 aliphatic heterocycles. The lowest BCUT2D eigenvalue weighted by molar-refractivity contribution is 0.464. The number of benzene rings is 1. The smallest absolute Gasteiger partial charge is 0.207 e. The highest BCUT2D eigenvalue weighted by Crippen LogP contribution is 2.31. The van der Waals surface area contributed by atoms with E-state index in [1.807, 2.05) is 0 Å². The molecule has 0 radical (unpaired) electrons. The number of aryl methyl sites for hydroxylation is 1. The van der Waals surface area contributed by atoms with Crippen LogP contribution in [0.4, 0.5) is 4.39 Å². The highest BCUT2D eigenvalue weighted by atomic mass is 35.5. The molecule has 100 valence electrons. The van der Waals surface area contributed by atoms with E-state index in [2.05, 4.69) is 0 Å². The fraction of sp³-hybridized carbons (Fsp3) is 0.500. The first-order valence-electron chi connectivity index (χ1n) is 5.71. The Kier molecular flexibility index (Phi) is 3.67. The standard InChI is InChI=1S/C12H15ClFNO2S/c1-8-5-11(6-9(7-13)12(8)14)18(16,17)15(2)10-3-4-10/h5-6,10H,3-4,7H2,1-2H3. The molecule has 0 saturated heterocycles. The van der Waals surface area contributed by atoms with E-state index in [0.29, 0.717) is 5.56 Å². The molecule has 18 heavy (non-hydrogen) atoms. The van der Waals surface area contributed by atoms with Crippen LogP contribution in [0, 0.1) is 12.7 Å². The monoisotopic (exact) mass is 291 g/mol. The largest absolute Gasteiger partial charge is 0.243 e. The van der Waals surface area contributed by atoms with Crippen LogP contribution < -0.4 is 0 Å². The van der Waals surface area contributed by atoms with Crippen LogP contribution >= 0.6 is 11.6 Å². The van der Waals surface area contributed by atoms with E-state index < -0.39 is 15.8 Å². The summed E-state index contributed by atoms with van der Waals surface area (Å²) in [6.45, 7) is 1.54. The number of rotatable bonds is 4. The van der Waals surface area contributed by atoms with Crippen LogP contribution in [-0.2, 0) is 15.9 Å². The third-order valence-corrected chi connectivity index (χ3v) is 5.36. The zero-order valence-corrected chi connectivity index (χ0v) is 11.9. The van der Waals surface area contributed by atoms with Gasteiger partial charge in [0.25, 0.3) is 0 Å². The van der Waals surface area contributed by atoms with Crippen molar-refractivity contribution in [2.45, 2.75) is 36.6 Å². The number of nitrogens with zero attached hydrogens (tertiary/aromatic N) is 1. The Morgan fingerprint density at radius 2 is 2.06 bits per heavy atom. The van der Waals surface area contributed by atoms with Gasteiger partial charge >= 0.3 is 0 Å². The minimum atomic E-state index is -3.54. The third kappa shape index (κ3) is 2.39. The van der Waals surface area contributed by atoms with Crippen LogP contribution in [0.15, 0.2) is 17.0 Å². The maximum absolute atomic E-state index is 13.6. The van der Waals surface area contributed by atoms with Gasteiger partial charge in [-0.15, -0.1) is 11.6 Å². The van der Waals surface area contributed by atoms with E-state index >= 15 is 0 Å². The predicted molar refractivity (Wildman–Crippen MR) is 68.7 cm³/mol. The summed E-state index contributed by atoms with van der Waals surface area (Å²) in [7, 11) is -1.98. The molecule has 1 aromatic rings. The van der Waals surface area contributed by atoms with Gasteiger partial charge in [0.2, 0.25) is 10.0 Å². The number of hydrogen-bond donors (Lipinski definition) is 0. The van der Waals surface area contributed by atoms with Gasteiger partial charge in [-0.2, -0.15) is 4.31 Å². The summed E-state index contributed by atoms with van der Waals surface area (Å²) >= 11 is 5.63. The van der Waals surface area contributed by atoms with Gasteiger partial charge in [0.1, 0.15) is 5.82 Å². The molecule has 0 N–H and O–H groups in total. The van der Waals surface area contributed by atoms with E-state index in [4.69, 9.17) is 11.6 Å². The van der Waals surface area contributed by atoms with Crippen molar-refractivity contribution in [2.75, 3.05) is 7.05 Å². The second-order valence-electron chi connectivity index (χ2n) is 4.60. The summed E-state index contributed by atoms with van der Waals surface area (Å²) < 4.78 is 39.6. The summed E-state index contributed by atoms with van der Waals surface area (Å²) in [5, 5.41) is 0. The Hall–Kier alpha value is -0.650. The molecule has 0 spiro atoms. The lowest BCUT2D eigenvalue weighted by Crippen LogP contribution is -2.29. The van der Waals surface area contributed by atoms with Crippen molar-refractivity contribution in [3.8, 4) is 0 Å². The SMILES string of the molecule is Cc1cc(S(=O)(=O)N(C)C2CC2)cc(CCl)c1F. The highest BCUT2D eigenvalue weighted by Gasteiger charge is 2.35. The molecule has 1 fully saturated rings. The maximum atomic E-state index is 13.6. The lowest BCUT2D eigenvalue weighted by Gasteiger charge is -2.17. The van der Waals surface area contributed by atoms with Gasteiger partial charge in [0.15, 0.2) is 0 Å². The van der Waals surface area contributed by atoms with Crippen molar-refractivity contribution in [1.29, 1.82) is 0 Å². The number of hydrogen-bond acceptors (Lipinski definition) is 2. The molecule has 1 aliphatic rings. The molecule has 0 amide bonds. The molecular formula is C12H15ClFNO2S. The minimum Gasteiger partial charge on any atom is -0.207 e. The topological polar surface area (TPSA) is 37.4 Å². The quantitative estimate of drug-likeness (QED) is 0.800. The molecule has 1 aliphatic carbocycles. The van der Waals surface area contributed by atoms with Gasteiger partial charge in [-0.25, -0.2) is 12.8 Å². The van der Waals surface area contributed by atoms with Crippen LogP contribution in [0.25, 0.3) is 0 Å². The van der Waals surface area contributed by atoms with Gasteiger partial charge in [-0.1, -0.05) is 0 Å². The molecule has 1 saturated carbocycles. The van der Waals surface area contributed by atoms with Crippen LogP contribution in [0.3, 0.4) is 0 Å². The maximum Gasteiger partial charge on any atom is 0.243 e. The highest BCUT2D eigenvalue weighted by molar-refractivity contribution is 7.89. The molecule has 1 aromatic carbocycles. The number of alkyl halides is 1. The Labute approximate surface area is 112 Å². The van der Waals surface area contributed by atoms with Crippen molar-refractivity contribution >= 4 is 21.6 Å². The average molecular weight is 292 g/mol. The lowest BCUT2D eigenvalue weighted by atomic mass is 10.1. The third-order valence-electron chi connectivity index (χ3n) is 3.19. The molecular weight excluding hydrogens is 277 g/mol. The molecule has 0 heterocycles. The fourth-order valence-electron chi connectivity index (χ4n) is 1.85. The summed E-state index contributed by atoms with van der Waals surface area (Å²) in [5.74, 6) is -0.471. The van der Waals surface area contributed by atoms with Crippen molar-refractivity contribution in [1.82, 2.24) is 4.31 Å². The van der Waals surface area contributed by atoms with Crippen LogP contribution in [0.2, 0.25) is 0 Å². The van der Waals surface area contributed by atoms with Gasteiger partial charge in [0, 0.05) is 18.7 Å². The Morgan fingerprint density at radius 3 is 2.56 bits per heavy atom. The molecule has 0 atom stereocenters. The fourth-order valence-corrected chi connectivity index (χ4v) is 3.60. The summed E-state index contributed by atoms with van der Waals surface area (Å²) in [4.78, 5) is 0.117. The van der Waals surface area contributed by atoms with Gasteiger partial charge in [-0.05, 0) is 37.5 Å². The molecule has 0 aromatic heterocycles. The van der Waals surface area contributed by atoms with Crippen molar-refractivity contribution in [3.63, 3.8) is 0 Å². The normalized spacial score (nSPS) is 16.3. The van der Waals surface area contributed by atoms with E-state index in [1.165, 1.54) is 16.4 Å². The first-order chi connectivity index (χ1) is 8.37. The van der Waals surface area contributed by atoms with Crippen LogP contribution in [-0.4, -0.2) is 25.8 Å². The Balaban J connectivity index is 2.47. The minimum absolute atomic E-state index is 0.0385. The Bertz CT molecular complexity index is 570. The zero-order valence-electron chi connectivity index (χ0n) is 10.3. The second-order valence-corrected chi connectivity index (χ2v) is 6.86. The predicted octanol–water partition coefficient (Wildman–Crippen LogP) is 2.66. The van der Waals surface area contributed by atoms with E-state index in [1.54, 1.807) is 14.0 Å². The summed E-state index contributed by atoms with van der Waals surface area (Å²) in [6, 6.07) is 2.77. The number of sulfonamides is 1. The van der Waals surface area contributed by atoms with Crippen LogP contribution in [0.5, 0.6) is 0 Å². The van der Waals surface area contributed by atoms with Crippen molar-refractivity contribution < 1.29 is 12.8 Å². The first kappa shape index (κ1) is 13.8. The van der Waals surface area contributed by atoms with Gasteiger partial charge in [0.05, 0.1) is 10.8 Å². The van der Waals surface area contributed by atoms with E-state index in [0.717, 1.165) is 12.8 Å². The summed E-state index contributed by atoms with van der Waals surface area (Å²) in [6.07, 6.45) is 1.77. The molecule has 2 rings (SSSR count). The summed E-state index contributed by atoms with van der Waals surface area (Å²) in [5.41, 5.74) is 0.523. The zero-order chi connectivity index (χ0) is 13.5. The van der Waals surface area contributed by atoms with Crippen molar-refractivity contribution in [2.24, 2.45) is 0 Å². The van der Waals surface area contributed by atoms with Gasteiger partial charge < -0.3 is 0 Å². The van der Waals surface area contributed by atoms with Gasteiger partial charge in [-0.3, -0.25) is 0 Å².